The van der Waals surface area contributed by atoms with Gasteiger partial charge in [0.2, 0.25) is 0 Å². The Morgan fingerprint density at radius 3 is 2.62 bits per heavy atom. The van der Waals surface area contributed by atoms with Gasteiger partial charge < -0.3 is 4.74 Å². The van der Waals surface area contributed by atoms with Crippen LogP contribution in [0.4, 0.5) is 0 Å². The van der Waals surface area contributed by atoms with E-state index >= 15 is 0 Å². The number of hydrogen-bond acceptors (Lipinski definition) is 5. The van der Waals surface area contributed by atoms with Gasteiger partial charge in [0.1, 0.15) is 5.75 Å². The Hall–Kier alpha value is -1.47. The van der Waals surface area contributed by atoms with Gasteiger partial charge in [-0.1, -0.05) is 0 Å². The third-order valence-corrected chi connectivity index (χ3v) is 2.56. The van der Waals surface area contributed by atoms with Gasteiger partial charge >= 0.3 is 15.6 Å². The molecule has 0 fully saturated rings. The summed E-state index contributed by atoms with van der Waals surface area (Å²) in [6, 6.07) is 4.82. The molecule has 0 spiro atoms. The van der Waals surface area contributed by atoms with E-state index in [2.05, 4.69) is 9.98 Å². The molecule has 7 heteroatoms. The normalized spacial score (nSPS) is 15.1. The number of benzene rings is 1. The van der Waals surface area contributed by atoms with Crippen LogP contribution in [0, 0.1) is 5.50 Å². The summed E-state index contributed by atoms with van der Waals surface area (Å²) in [6.07, 6.45) is 0. The van der Waals surface area contributed by atoms with Crippen LogP contribution in [0.25, 0.3) is 0 Å². The van der Waals surface area contributed by atoms with Crippen molar-refractivity contribution >= 4 is 10.1 Å². The zero-order chi connectivity index (χ0) is 11.8. The van der Waals surface area contributed by atoms with Gasteiger partial charge in [-0.3, -0.25) is 4.55 Å². The molecule has 0 bridgehead atoms. The first kappa shape index (κ1) is 11.0. The molecular weight excluding hydrogens is 232 g/mol. The van der Waals surface area contributed by atoms with E-state index < -0.39 is 15.6 Å². The van der Waals surface area contributed by atoms with Crippen LogP contribution in [-0.2, 0) is 10.1 Å². The molecule has 0 aliphatic carbocycles. The minimum Gasteiger partial charge on any atom is -0.494 e. The van der Waals surface area contributed by atoms with E-state index in [0.29, 0.717) is 23.1 Å². The third kappa shape index (κ3) is 2.05. The first-order valence-corrected chi connectivity index (χ1v) is 5.99. The molecule has 1 aromatic carbocycles. The summed E-state index contributed by atoms with van der Waals surface area (Å²) in [4.78, 5) is 7.38. The number of fused-ring (bicyclic) bond motifs is 1. The van der Waals surface area contributed by atoms with Crippen molar-refractivity contribution in [2.24, 2.45) is 9.98 Å². The highest BCUT2D eigenvalue weighted by Gasteiger charge is 2.26. The topological polar surface area (TPSA) is 88.3 Å². The first-order valence-electron chi connectivity index (χ1n) is 4.55. The molecule has 1 aromatic rings. The van der Waals surface area contributed by atoms with Crippen molar-refractivity contribution in [3.63, 3.8) is 0 Å². The molecule has 0 amide bonds. The molecule has 1 N–H and O–H groups in total. The van der Waals surface area contributed by atoms with Gasteiger partial charge in [0.05, 0.1) is 17.3 Å². The summed E-state index contributed by atoms with van der Waals surface area (Å²) < 4.78 is 35.6. The molecular formula is C9H9N2O4S. The van der Waals surface area contributed by atoms with Crippen LogP contribution < -0.4 is 15.5 Å². The van der Waals surface area contributed by atoms with Gasteiger partial charge in [0.25, 0.3) is 0 Å². The Morgan fingerprint density at radius 1 is 1.31 bits per heavy atom. The predicted molar refractivity (Wildman–Crippen MR) is 54.7 cm³/mol. The molecule has 2 rings (SSSR count). The van der Waals surface area contributed by atoms with E-state index in [1.54, 1.807) is 18.2 Å². The lowest BCUT2D eigenvalue weighted by molar-refractivity contribution is 0.340. The molecule has 0 saturated carbocycles. The van der Waals surface area contributed by atoms with E-state index in [4.69, 9.17) is 9.29 Å². The summed E-state index contributed by atoms with van der Waals surface area (Å²) in [7, 11) is -4.35. The molecule has 85 valence electrons. The summed E-state index contributed by atoms with van der Waals surface area (Å²) in [5.41, 5.74) is -0.587. The molecule has 0 saturated heterocycles. The van der Waals surface area contributed by atoms with Gasteiger partial charge in [0, 0.05) is 6.07 Å². The number of hydrogen-bond donors (Lipinski definition) is 1. The maximum atomic E-state index is 10.8. The second kappa shape index (κ2) is 3.84. The molecule has 1 radical (unpaired) electrons. The van der Waals surface area contributed by atoms with Crippen LogP contribution in [0.5, 0.6) is 5.75 Å². The van der Waals surface area contributed by atoms with Crippen molar-refractivity contribution in [2.45, 2.75) is 6.92 Å². The Labute approximate surface area is 92.1 Å². The predicted octanol–water partition coefficient (Wildman–Crippen LogP) is -0.327. The lowest BCUT2D eigenvalue weighted by Crippen LogP contribution is -2.20. The van der Waals surface area contributed by atoms with Crippen LogP contribution >= 0.6 is 0 Å². The van der Waals surface area contributed by atoms with E-state index in [1.165, 1.54) is 0 Å². The molecule has 1 aliphatic rings. The maximum Gasteiger partial charge on any atom is 0.342 e. The van der Waals surface area contributed by atoms with E-state index in [-0.39, 0.29) is 0 Å². The summed E-state index contributed by atoms with van der Waals surface area (Å²) in [6.45, 7) is 2.34. The van der Waals surface area contributed by atoms with E-state index in [1.807, 2.05) is 6.92 Å². The average Bonchev–Trinajstić information content (AvgIpc) is 2.60. The Morgan fingerprint density at radius 2 is 2.00 bits per heavy atom. The van der Waals surface area contributed by atoms with E-state index in [0.717, 1.165) is 0 Å². The highest BCUT2D eigenvalue weighted by molar-refractivity contribution is 7.88. The van der Waals surface area contributed by atoms with Gasteiger partial charge in [-0.2, -0.15) is 8.42 Å². The molecule has 16 heavy (non-hydrogen) atoms. The van der Waals surface area contributed by atoms with E-state index in [9.17, 15) is 8.42 Å². The number of rotatable bonds is 3. The van der Waals surface area contributed by atoms with Crippen LogP contribution in [0.2, 0.25) is 0 Å². The number of ether oxygens (including phenoxy) is 1. The quantitative estimate of drug-likeness (QED) is 0.734. The number of nitrogens with zero attached hydrogens (tertiary/aromatic N) is 2. The Balaban J connectivity index is 2.48. The lowest BCUT2D eigenvalue weighted by Gasteiger charge is -1.99. The molecule has 0 unspecified atom stereocenters. The molecule has 6 nitrogen and oxygen atoms in total. The fraction of sp³-hybridized carbons (Fsp3) is 0.222. The summed E-state index contributed by atoms with van der Waals surface area (Å²) in [5.74, 6) is 0.580. The lowest BCUT2D eigenvalue weighted by atomic mass is 10.3. The SMILES string of the molecule is CCOc1ccc2c(c1)=N[C](S(=O)(=O)O)N=2. The van der Waals surface area contributed by atoms with Crippen LogP contribution in [-0.4, -0.2) is 19.6 Å². The summed E-state index contributed by atoms with van der Waals surface area (Å²) in [5, 5.41) is 0.773. The molecule has 1 aliphatic heterocycles. The van der Waals surface area contributed by atoms with Crippen molar-refractivity contribution in [2.75, 3.05) is 6.61 Å². The highest BCUT2D eigenvalue weighted by Crippen LogP contribution is 2.13. The fourth-order valence-electron chi connectivity index (χ4n) is 1.29. The molecule has 0 atom stereocenters. The average molecular weight is 241 g/mol. The fourth-order valence-corrected chi connectivity index (χ4v) is 1.72. The largest absolute Gasteiger partial charge is 0.494 e. The van der Waals surface area contributed by atoms with Gasteiger partial charge in [-0.15, -0.1) is 0 Å². The maximum absolute atomic E-state index is 10.8. The Kier molecular flexibility index (Phi) is 2.64. The van der Waals surface area contributed by atoms with Crippen molar-refractivity contribution in [3.05, 3.63) is 34.4 Å². The second-order valence-corrected chi connectivity index (χ2v) is 4.38. The second-order valence-electron chi connectivity index (χ2n) is 3.06. The van der Waals surface area contributed by atoms with Crippen LogP contribution in [0.3, 0.4) is 0 Å². The zero-order valence-electron chi connectivity index (χ0n) is 8.41. The standard InChI is InChI=1S/C9H9N2O4S/c1-2-15-6-3-4-7-8(5-6)11-9(10-7)16(12,13)14/h3-5H,2H2,1H3,(H,12,13,14). The van der Waals surface area contributed by atoms with Crippen LogP contribution in [0.15, 0.2) is 28.2 Å². The minimum atomic E-state index is -4.35. The minimum absolute atomic E-state index is 0.374. The van der Waals surface area contributed by atoms with Crippen molar-refractivity contribution in [1.82, 2.24) is 0 Å². The van der Waals surface area contributed by atoms with Crippen molar-refractivity contribution < 1.29 is 17.7 Å². The summed E-state index contributed by atoms with van der Waals surface area (Å²) >= 11 is 0. The first-order chi connectivity index (χ1) is 7.50. The van der Waals surface area contributed by atoms with Gasteiger partial charge in [-0.05, 0) is 19.1 Å². The smallest absolute Gasteiger partial charge is 0.342 e. The van der Waals surface area contributed by atoms with Crippen molar-refractivity contribution in [3.8, 4) is 5.75 Å². The molecule has 1 heterocycles. The van der Waals surface area contributed by atoms with Crippen LogP contribution in [0.1, 0.15) is 6.92 Å². The monoisotopic (exact) mass is 241 g/mol. The van der Waals surface area contributed by atoms with Crippen molar-refractivity contribution in [1.29, 1.82) is 0 Å². The van der Waals surface area contributed by atoms with Gasteiger partial charge in [0.15, 0.2) is 0 Å². The van der Waals surface area contributed by atoms with Gasteiger partial charge in [-0.25, -0.2) is 9.98 Å². The Bertz CT molecular complexity index is 623. The highest BCUT2D eigenvalue weighted by atomic mass is 32.2. The third-order valence-electron chi connectivity index (χ3n) is 1.92. The molecule has 0 aromatic heterocycles. The zero-order valence-corrected chi connectivity index (χ0v) is 9.23.